The third-order valence-electron chi connectivity index (χ3n) is 8.33. The second-order valence-corrected chi connectivity index (χ2v) is 12.2. The Hall–Kier alpha value is -4.11. The van der Waals surface area contributed by atoms with Gasteiger partial charge < -0.3 is 35.0 Å². The van der Waals surface area contributed by atoms with Crippen molar-refractivity contribution in [3.05, 3.63) is 40.7 Å². The monoisotopic (exact) mass is 696 g/mol. The molecule has 262 valence electrons. The summed E-state index contributed by atoms with van der Waals surface area (Å²) >= 11 is 6.64. The minimum atomic E-state index is -5.08. The van der Waals surface area contributed by atoms with Gasteiger partial charge in [0.1, 0.15) is 29.8 Å². The van der Waals surface area contributed by atoms with E-state index in [0.717, 1.165) is 44.5 Å². The van der Waals surface area contributed by atoms with Crippen molar-refractivity contribution in [3.63, 3.8) is 0 Å². The lowest BCUT2D eigenvalue weighted by Crippen LogP contribution is -2.44. The molecule has 0 unspecified atom stereocenters. The van der Waals surface area contributed by atoms with E-state index < -0.39 is 12.1 Å². The number of carboxylic acid groups (broad SMARTS) is 1. The molecule has 0 atom stereocenters. The Morgan fingerprint density at radius 2 is 1.83 bits per heavy atom. The maximum absolute atomic E-state index is 13.1. The predicted octanol–water partition coefficient (Wildman–Crippen LogP) is 5.37. The average molecular weight is 697 g/mol. The number of nitrogens with one attached hydrogen (secondary N) is 2. The molecule has 3 heterocycles. The molecule has 2 aliphatic heterocycles. The summed E-state index contributed by atoms with van der Waals surface area (Å²) in [5.41, 5.74) is 2.12. The van der Waals surface area contributed by atoms with E-state index in [-0.39, 0.29) is 17.9 Å². The van der Waals surface area contributed by atoms with E-state index in [4.69, 9.17) is 31.0 Å². The number of fused-ring (bicyclic) bond motifs is 1. The van der Waals surface area contributed by atoms with Crippen molar-refractivity contribution in [3.8, 4) is 5.75 Å². The van der Waals surface area contributed by atoms with Crippen molar-refractivity contribution in [2.75, 3.05) is 57.6 Å². The van der Waals surface area contributed by atoms with Crippen molar-refractivity contribution >= 4 is 52.8 Å². The first-order valence-electron chi connectivity index (χ1n) is 15.7. The zero-order chi connectivity index (χ0) is 34.8. The Balaban J connectivity index is 0.000000671. The molecule has 2 amide bonds. The molecular formula is C32H40ClF3N6O6. The maximum Gasteiger partial charge on any atom is 0.490 e. The molecule has 16 heteroatoms. The average Bonchev–Trinajstić information content (AvgIpc) is 3.51. The fourth-order valence-electron chi connectivity index (χ4n) is 5.69. The standard InChI is InChI=1S/C30H39ClN6O4.C2HF3O2/c1-36(15-16-40-2)29(38)21-9-12-32-27-24(17-21)28(34-19-33-27)35-22-7-8-26(25(31)18-22)41-23-10-13-37(14-11-23)30(39)20-5-3-4-6-20;3-2(4,5)1(6)7/h7-8,17-20,23H,3-6,9-16H2,1-2H3,(H2,32,33,34,35);(H,6,7). The minimum absolute atomic E-state index is 0.0192. The second-order valence-electron chi connectivity index (χ2n) is 11.7. The highest BCUT2D eigenvalue weighted by Gasteiger charge is 2.38. The SMILES string of the molecule is COCCN(C)C(=O)C1=Cc2c(ncnc2Nc2ccc(OC3CCN(C(=O)C4CCCC4)CC3)c(Cl)c2)NCC1.O=C(O)C(F)(F)F. The van der Waals surface area contributed by atoms with Gasteiger partial charge in [-0.25, -0.2) is 14.8 Å². The number of aromatic nitrogens is 2. The zero-order valence-corrected chi connectivity index (χ0v) is 27.6. The molecule has 1 aromatic heterocycles. The number of rotatable bonds is 9. The molecule has 1 aromatic carbocycles. The van der Waals surface area contributed by atoms with E-state index >= 15 is 0 Å². The normalized spacial score (nSPS) is 16.8. The van der Waals surface area contributed by atoms with Crippen LogP contribution in [-0.4, -0.2) is 102 Å². The Kier molecular flexibility index (Phi) is 12.9. The number of nitrogens with zero attached hydrogens (tertiary/aromatic N) is 4. The van der Waals surface area contributed by atoms with Crippen LogP contribution in [0.2, 0.25) is 5.02 Å². The number of piperidine rings is 1. The van der Waals surface area contributed by atoms with Crippen LogP contribution in [0.5, 0.6) is 5.75 Å². The molecule has 48 heavy (non-hydrogen) atoms. The minimum Gasteiger partial charge on any atom is -0.489 e. The first kappa shape index (κ1) is 36.7. The first-order valence-corrected chi connectivity index (χ1v) is 16.1. The van der Waals surface area contributed by atoms with Crippen LogP contribution in [-0.2, 0) is 19.1 Å². The highest BCUT2D eigenvalue weighted by atomic mass is 35.5. The van der Waals surface area contributed by atoms with Crippen molar-refractivity contribution in [1.82, 2.24) is 19.8 Å². The van der Waals surface area contributed by atoms with Crippen LogP contribution in [0.4, 0.5) is 30.5 Å². The zero-order valence-electron chi connectivity index (χ0n) is 26.8. The molecule has 1 saturated heterocycles. The molecule has 0 radical (unpaired) electrons. The van der Waals surface area contributed by atoms with Crippen LogP contribution >= 0.6 is 11.6 Å². The van der Waals surface area contributed by atoms with Crippen molar-refractivity contribution < 1.29 is 42.1 Å². The highest BCUT2D eigenvalue weighted by molar-refractivity contribution is 6.32. The van der Waals surface area contributed by atoms with Crippen LogP contribution in [0.3, 0.4) is 0 Å². The summed E-state index contributed by atoms with van der Waals surface area (Å²) in [7, 11) is 3.39. The number of carbonyl (C=O) groups excluding carboxylic acids is 2. The summed E-state index contributed by atoms with van der Waals surface area (Å²) in [6, 6.07) is 5.56. The van der Waals surface area contributed by atoms with Gasteiger partial charge in [0.15, 0.2) is 0 Å². The number of likely N-dealkylation sites (tertiary alicyclic amines) is 1. The maximum atomic E-state index is 13.1. The van der Waals surface area contributed by atoms with Crippen LogP contribution in [0.15, 0.2) is 30.1 Å². The van der Waals surface area contributed by atoms with Gasteiger partial charge in [-0.15, -0.1) is 0 Å². The van der Waals surface area contributed by atoms with Crippen LogP contribution in [0, 0.1) is 5.92 Å². The molecule has 2 aromatic rings. The smallest absolute Gasteiger partial charge is 0.489 e. The Morgan fingerprint density at radius 1 is 1.15 bits per heavy atom. The Morgan fingerprint density at radius 3 is 2.46 bits per heavy atom. The molecule has 5 rings (SSSR count). The molecule has 3 aliphatic rings. The predicted molar refractivity (Wildman–Crippen MR) is 173 cm³/mol. The van der Waals surface area contributed by atoms with Gasteiger partial charge in [-0.05, 0) is 43.5 Å². The number of amides is 2. The summed E-state index contributed by atoms with van der Waals surface area (Å²) in [6.45, 7) is 3.02. The number of methoxy groups -OCH3 is 1. The number of benzene rings is 1. The topological polar surface area (TPSA) is 146 Å². The number of ether oxygens (including phenoxy) is 2. The molecule has 12 nitrogen and oxygen atoms in total. The van der Waals surface area contributed by atoms with E-state index in [1.165, 1.54) is 19.2 Å². The van der Waals surface area contributed by atoms with Crippen molar-refractivity contribution in [1.29, 1.82) is 0 Å². The number of aliphatic carboxylic acids is 1. The molecule has 1 saturated carbocycles. The van der Waals surface area contributed by atoms with Crippen molar-refractivity contribution in [2.24, 2.45) is 5.92 Å². The van der Waals surface area contributed by atoms with Gasteiger partial charge in [-0.3, -0.25) is 9.59 Å². The Labute approximate surface area is 281 Å². The number of carboxylic acids is 1. The Bertz CT molecular complexity index is 1480. The molecule has 0 bridgehead atoms. The number of alkyl halides is 3. The number of anilines is 3. The molecule has 3 N–H and O–H groups in total. The van der Waals surface area contributed by atoms with E-state index in [0.29, 0.717) is 65.6 Å². The van der Waals surface area contributed by atoms with Gasteiger partial charge in [-0.1, -0.05) is 24.4 Å². The third-order valence-corrected chi connectivity index (χ3v) is 8.63. The molecule has 0 spiro atoms. The van der Waals surface area contributed by atoms with Gasteiger partial charge in [0.05, 0.1) is 17.2 Å². The second kappa shape index (κ2) is 16.8. The lowest BCUT2D eigenvalue weighted by atomic mass is 10.0. The van der Waals surface area contributed by atoms with Crippen LogP contribution < -0.4 is 15.4 Å². The van der Waals surface area contributed by atoms with Crippen LogP contribution in [0.1, 0.15) is 50.5 Å². The fraction of sp³-hybridized carbons (Fsp3) is 0.531. The fourth-order valence-corrected chi connectivity index (χ4v) is 5.92. The molecular weight excluding hydrogens is 657 g/mol. The summed E-state index contributed by atoms with van der Waals surface area (Å²) in [5, 5.41) is 14.3. The summed E-state index contributed by atoms with van der Waals surface area (Å²) < 4.78 is 43.1. The summed E-state index contributed by atoms with van der Waals surface area (Å²) in [5.74, 6) is -0.429. The lowest BCUT2D eigenvalue weighted by molar-refractivity contribution is -0.192. The summed E-state index contributed by atoms with van der Waals surface area (Å²) in [6.07, 6.45) is 4.83. The van der Waals surface area contributed by atoms with Gasteiger partial charge in [0, 0.05) is 70.4 Å². The largest absolute Gasteiger partial charge is 0.490 e. The molecule has 1 aliphatic carbocycles. The lowest BCUT2D eigenvalue weighted by Gasteiger charge is -2.33. The van der Waals surface area contributed by atoms with Gasteiger partial charge >= 0.3 is 12.1 Å². The summed E-state index contributed by atoms with van der Waals surface area (Å²) in [4.78, 5) is 47.2. The van der Waals surface area contributed by atoms with E-state index in [1.807, 2.05) is 29.2 Å². The van der Waals surface area contributed by atoms with E-state index in [2.05, 4.69) is 20.6 Å². The number of halogens is 4. The van der Waals surface area contributed by atoms with E-state index in [1.54, 1.807) is 19.1 Å². The number of likely N-dealkylation sites (N-methyl/N-ethyl adjacent to an activating group) is 1. The number of hydrogen-bond donors (Lipinski definition) is 3. The van der Waals surface area contributed by atoms with Crippen LogP contribution in [0.25, 0.3) is 6.08 Å². The van der Waals surface area contributed by atoms with Gasteiger partial charge in [0.25, 0.3) is 0 Å². The van der Waals surface area contributed by atoms with Crippen molar-refractivity contribution in [2.45, 2.75) is 57.2 Å². The quantitative estimate of drug-likeness (QED) is 0.313. The number of carbonyl (C=O) groups is 3. The highest BCUT2D eigenvalue weighted by Crippen LogP contribution is 2.34. The van der Waals surface area contributed by atoms with Gasteiger partial charge in [0.2, 0.25) is 11.8 Å². The number of hydrogen-bond acceptors (Lipinski definition) is 9. The van der Waals surface area contributed by atoms with E-state index in [9.17, 15) is 22.8 Å². The van der Waals surface area contributed by atoms with Gasteiger partial charge in [-0.2, -0.15) is 13.2 Å². The third kappa shape index (κ3) is 9.95. The first-order chi connectivity index (χ1) is 22.9. The molecule has 2 fully saturated rings.